The van der Waals surface area contributed by atoms with E-state index in [-0.39, 0.29) is 11.5 Å². The van der Waals surface area contributed by atoms with E-state index in [0.717, 1.165) is 93.4 Å². The molecule has 2 aliphatic heterocycles. The molecule has 1 amide bonds. The van der Waals surface area contributed by atoms with Crippen LogP contribution < -0.4 is 14.8 Å². The van der Waals surface area contributed by atoms with Crippen molar-refractivity contribution in [2.75, 3.05) is 72.1 Å². The Kier molecular flexibility index (Phi) is 11.9. The normalized spacial score (nSPS) is 15.1. The predicted molar refractivity (Wildman–Crippen MR) is 195 cm³/mol. The number of nitrogens with one attached hydrogen (secondary N) is 2. The van der Waals surface area contributed by atoms with Crippen LogP contribution in [0.15, 0.2) is 84.9 Å². The number of hydrogen-bond donors (Lipinski definition) is 3. The number of carboxylic acid groups (broad SMARTS) is 1. The second-order valence-electron chi connectivity index (χ2n) is 12.2. The van der Waals surface area contributed by atoms with Gasteiger partial charge >= 0.3 is 5.97 Å². The predicted octanol–water partition coefficient (Wildman–Crippen LogP) is 5.55. The van der Waals surface area contributed by atoms with E-state index < -0.39 is 5.97 Å². The summed E-state index contributed by atoms with van der Waals surface area (Å²) in [5.41, 5.74) is 6.21. The van der Waals surface area contributed by atoms with Gasteiger partial charge in [0.25, 0.3) is 5.91 Å². The summed E-state index contributed by atoms with van der Waals surface area (Å²) in [4.78, 5) is 36.6. The third-order valence-electron chi connectivity index (χ3n) is 8.90. The van der Waals surface area contributed by atoms with Crippen LogP contribution in [0.4, 0.5) is 5.69 Å². The number of carbonyl (C=O) groups excluding carboxylic acids is 1. The van der Waals surface area contributed by atoms with Crippen LogP contribution in [0.5, 0.6) is 11.5 Å². The lowest BCUT2D eigenvalue weighted by molar-refractivity contribution is 0.0338. The van der Waals surface area contributed by atoms with Crippen molar-refractivity contribution in [3.63, 3.8) is 0 Å². The maximum absolute atomic E-state index is 13.1. The molecular weight excluding hydrogens is 650 g/mol. The highest BCUT2D eigenvalue weighted by Gasteiger charge is 2.18. The molecular formula is C39H43N5O7. The van der Waals surface area contributed by atoms with Crippen LogP contribution in [0, 0.1) is 0 Å². The van der Waals surface area contributed by atoms with Gasteiger partial charge in [-0.3, -0.25) is 14.6 Å². The molecule has 4 aromatic carbocycles. The van der Waals surface area contributed by atoms with Gasteiger partial charge in [0, 0.05) is 61.5 Å². The number of para-hydroxylation sites is 3. The molecule has 0 aliphatic carbocycles. The molecule has 3 heterocycles. The summed E-state index contributed by atoms with van der Waals surface area (Å²) in [6, 6.07) is 26.1. The van der Waals surface area contributed by atoms with Crippen molar-refractivity contribution in [3.8, 4) is 22.9 Å². The van der Waals surface area contributed by atoms with E-state index in [2.05, 4.69) is 25.1 Å². The van der Waals surface area contributed by atoms with Crippen LogP contribution in [0.1, 0.15) is 31.8 Å². The van der Waals surface area contributed by atoms with Gasteiger partial charge in [0.1, 0.15) is 17.3 Å². The van der Waals surface area contributed by atoms with Crippen molar-refractivity contribution in [1.29, 1.82) is 0 Å². The molecule has 0 saturated carbocycles. The first-order chi connectivity index (χ1) is 24.9. The second-order valence-corrected chi connectivity index (χ2v) is 12.2. The molecule has 12 nitrogen and oxygen atoms in total. The molecule has 0 unspecified atom stereocenters. The van der Waals surface area contributed by atoms with Crippen molar-refractivity contribution in [1.82, 2.24) is 19.8 Å². The van der Waals surface area contributed by atoms with Crippen LogP contribution in [0.25, 0.3) is 22.4 Å². The molecule has 0 spiro atoms. The summed E-state index contributed by atoms with van der Waals surface area (Å²) in [5, 5.41) is 12.0. The Hall–Kier alpha value is -5.27. The lowest BCUT2D eigenvalue weighted by Crippen LogP contribution is -2.35. The smallest absolute Gasteiger partial charge is 0.335 e. The third kappa shape index (κ3) is 9.10. The third-order valence-corrected chi connectivity index (χ3v) is 8.90. The lowest BCUT2D eigenvalue weighted by atomic mass is 10.1. The minimum absolute atomic E-state index is 0.199. The highest BCUT2D eigenvalue weighted by atomic mass is 16.5. The Bertz CT molecular complexity index is 1920. The number of fused-ring (bicyclic) bond motifs is 1. The van der Waals surface area contributed by atoms with Crippen LogP contribution >= 0.6 is 0 Å². The zero-order valence-electron chi connectivity index (χ0n) is 28.9. The lowest BCUT2D eigenvalue weighted by Gasteiger charge is -2.27. The topological polar surface area (TPSA) is 138 Å². The molecule has 3 N–H and O–H groups in total. The van der Waals surface area contributed by atoms with E-state index >= 15 is 0 Å². The molecule has 2 aliphatic rings. The summed E-state index contributed by atoms with van der Waals surface area (Å²) in [6.07, 6.45) is 0. The van der Waals surface area contributed by atoms with Gasteiger partial charge in [-0.1, -0.05) is 36.4 Å². The van der Waals surface area contributed by atoms with E-state index in [1.165, 1.54) is 0 Å². The van der Waals surface area contributed by atoms with Crippen LogP contribution in [-0.2, 0) is 22.6 Å². The Labute approximate surface area is 296 Å². The van der Waals surface area contributed by atoms with Crippen LogP contribution in [0.3, 0.4) is 0 Å². The minimum atomic E-state index is -0.939. The fourth-order valence-electron chi connectivity index (χ4n) is 6.10. The number of rotatable bonds is 10. The first kappa shape index (κ1) is 35.6. The van der Waals surface area contributed by atoms with Gasteiger partial charge in [-0.25, -0.2) is 9.78 Å². The summed E-state index contributed by atoms with van der Waals surface area (Å²) in [6.45, 7) is 8.07. The first-order valence-corrected chi connectivity index (χ1v) is 16.9. The Balaban J connectivity index is 0.000000211. The summed E-state index contributed by atoms with van der Waals surface area (Å²) in [5.74, 6) is 0.910. The highest BCUT2D eigenvalue weighted by molar-refractivity contribution is 6.06. The SMILES string of the molecule is COc1cc(C(=O)Nc2ccccc2-c2nc3ccccc3[nH]2)ccc1CN1CCOCC1.COc1cc(C(=O)O)ccc1CN1CCOCC1. The Morgan fingerprint density at radius 3 is 1.90 bits per heavy atom. The number of hydrogen-bond acceptors (Lipinski definition) is 9. The molecule has 12 heteroatoms. The number of morpholine rings is 2. The van der Waals surface area contributed by atoms with Gasteiger partial charge < -0.3 is 34.4 Å². The van der Waals surface area contributed by atoms with Gasteiger partial charge in [0.05, 0.1) is 62.9 Å². The number of amides is 1. The summed E-state index contributed by atoms with van der Waals surface area (Å²) < 4.78 is 21.6. The number of H-pyrrole nitrogens is 1. The van der Waals surface area contributed by atoms with Gasteiger partial charge in [-0.2, -0.15) is 0 Å². The van der Waals surface area contributed by atoms with Crippen LogP contribution in [0.2, 0.25) is 0 Å². The first-order valence-electron chi connectivity index (χ1n) is 16.9. The maximum atomic E-state index is 13.1. The fourth-order valence-corrected chi connectivity index (χ4v) is 6.10. The van der Waals surface area contributed by atoms with Gasteiger partial charge in [-0.15, -0.1) is 0 Å². The van der Waals surface area contributed by atoms with Gasteiger partial charge in [0.15, 0.2) is 0 Å². The Morgan fingerprint density at radius 1 is 0.765 bits per heavy atom. The molecule has 0 radical (unpaired) electrons. The number of aromatic carboxylic acids is 1. The van der Waals surface area contributed by atoms with Crippen molar-refractivity contribution in [2.24, 2.45) is 0 Å². The molecule has 1 aromatic heterocycles. The zero-order chi connectivity index (χ0) is 35.6. The number of methoxy groups -OCH3 is 2. The largest absolute Gasteiger partial charge is 0.496 e. The van der Waals surface area contributed by atoms with E-state index in [1.54, 1.807) is 32.4 Å². The molecule has 2 fully saturated rings. The second kappa shape index (κ2) is 17.1. The van der Waals surface area contributed by atoms with E-state index in [9.17, 15) is 9.59 Å². The number of imidazole rings is 1. The number of benzene rings is 4. The van der Waals surface area contributed by atoms with Gasteiger partial charge in [-0.05, 0) is 48.5 Å². The van der Waals surface area contributed by atoms with E-state index in [4.69, 9.17) is 24.1 Å². The molecule has 266 valence electrons. The van der Waals surface area contributed by atoms with E-state index in [1.807, 2.05) is 66.7 Å². The van der Waals surface area contributed by atoms with Crippen molar-refractivity contribution in [2.45, 2.75) is 13.1 Å². The molecule has 5 aromatic rings. The quantitative estimate of drug-likeness (QED) is 0.171. The Morgan fingerprint density at radius 2 is 1.31 bits per heavy atom. The molecule has 51 heavy (non-hydrogen) atoms. The van der Waals surface area contributed by atoms with Crippen LogP contribution in [-0.4, -0.2) is 104 Å². The molecule has 0 atom stereocenters. The number of ether oxygens (including phenoxy) is 4. The summed E-state index contributed by atoms with van der Waals surface area (Å²) >= 11 is 0. The number of carbonyl (C=O) groups is 2. The monoisotopic (exact) mass is 693 g/mol. The standard InChI is InChI=1S/C26H26N4O3.C13H17NO4/c1-32-24-16-18(10-11-19(24)17-30-12-14-33-15-13-30)26(31)29-21-7-3-2-6-20(21)25-27-22-8-4-5-9-23(22)28-25;1-17-12-8-10(13(15)16)2-3-11(12)9-14-4-6-18-7-5-14/h2-11,16H,12-15,17H2,1H3,(H,27,28)(H,29,31);2-3,8H,4-7,9H2,1H3,(H,15,16). The maximum Gasteiger partial charge on any atom is 0.335 e. The van der Waals surface area contributed by atoms with Crippen molar-refractivity contribution < 1.29 is 33.6 Å². The van der Waals surface area contributed by atoms with Crippen molar-refractivity contribution in [3.05, 3.63) is 107 Å². The number of carboxylic acids is 1. The number of anilines is 1. The average molecular weight is 694 g/mol. The number of aromatic amines is 1. The molecule has 2 saturated heterocycles. The van der Waals surface area contributed by atoms with E-state index in [0.29, 0.717) is 28.6 Å². The average Bonchev–Trinajstić information content (AvgIpc) is 3.61. The van der Waals surface area contributed by atoms with Crippen molar-refractivity contribution >= 4 is 28.6 Å². The molecule has 0 bridgehead atoms. The number of nitrogens with zero attached hydrogens (tertiary/aromatic N) is 3. The highest BCUT2D eigenvalue weighted by Crippen LogP contribution is 2.29. The number of aromatic nitrogens is 2. The fraction of sp³-hybridized carbons (Fsp3) is 0.308. The summed E-state index contributed by atoms with van der Waals surface area (Å²) in [7, 11) is 3.19. The zero-order valence-corrected chi connectivity index (χ0v) is 28.9. The van der Waals surface area contributed by atoms with Gasteiger partial charge in [0.2, 0.25) is 0 Å². The minimum Gasteiger partial charge on any atom is -0.496 e. The molecule has 7 rings (SSSR count).